The summed E-state index contributed by atoms with van der Waals surface area (Å²) in [6.07, 6.45) is 2.37. The number of nitriles is 1. The van der Waals surface area contributed by atoms with Crippen molar-refractivity contribution in [1.82, 2.24) is 15.1 Å². The molecule has 144 valence electrons. The van der Waals surface area contributed by atoms with Gasteiger partial charge in [0.25, 0.3) is 5.89 Å². The van der Waals surface area contributed by atoms with E-state index in [4.69, 9.17) is 20.4 Å². The van der Waals surface area contributed by atoms with E-state index < -0.39 is 0 Å². The lowest BCUT2D eigenvalue weighted by Crippen LogP contribution is -2.33. The normalized spacial score (nSPS) is 10.8. The van der Waals surface area contributed by atoms with Crippen molar-refractivity contribution in [3.63, 3.8) is 0 Å². The SMILES string of the molecule is CCCN(CC(=O)Nc1cc(Cl)ccc1C#N)Cc1nnc(-c2ccco2)o1. The van der Waals surface area contributed by atoms with Crippen LogP contribution in [0.2, 0.25) is 5.02 Å². The van der Waals surface area contributed by atoms with E-state index in [2.05, 4.69) is 15.5 Å². The molecule has 1 N–H and O–H groups in total. The molecule has 8 nitrogen and oxygen atoms in total. The largest absolute Gasteiger partial charge is 0.459 e. The number of carbonyl (C=O) groups excluding carboxylic acids is 1. The average molecular weight is 400 g/mol. The number of carbonyl (C=O) groups is 1. The zero-order valence-electron chi connectivity index (χ0n) is 15.2. The third-order valence-electron chi connectivity index (χ3n) is 3.84. The van der Waals surface area contributed by atoms with Crippen molar-refractivity contribution < 1.29 is 13.6 Å². The molecule has 2 heterocycles. The van der Waals surface area contributed by atoms with E-state index in [1.807, 2.05) is 17.9 Å². The second kappa shape index (κ2) is 9.17. The Morgan fingerprint density at radius 2 is 2.21 bits per heavy atom. The van der Waals surface area contributed by atoms with E-state index in [1.165, 1.54) is 6.26 Å². The van der Waals surface area contributed by atoms with Crippen molar-refractivity contribution in [3.8, 4) is 17.7 Å². The quantitative estimate of drug-likeness (QED) is 0.615. The van der Waals surface area contributed by atoms with Crippen LogP contribution >= 0.6 is 11.6 Å². The highest BCUT2D eigenvalue weighted by Gasteiger charge is 2.17. The molecule has 0 fully saturated rings. The number of nitrogens with one attached hydrogen (secondary N) is 1. The summed E-state index contributed by atoms with van der Waals surface area (Å²) in [5.41, 5.74) is 0.731. The van der Waals surface area contributed by atoms with Gasteiger partial charge in [0.1, 0.15) is 6.07 Å². The predicted molar refractivity (Wildman–Crippen MR) is 102 cm³/mol. The van der Waals surface area contributed by atoms with Gasteiger partial charge in [-0.15, -0.1) is 10.2 Å². The highest BCUT2D eigenvalue weighted by Crippen LogP contribution is 2.21. The maximum absolute atomic E-state index is 12.5. The lowest BCUT2D eigenvalue weighted by atomic mass is 10.2. The van der Waals surface area contributed by atoms with E-state index in [-0.39, 0.29) is 12.5 Å². The summed E-state index contributed by atoms with van der Waals surface area (Å²) in [6, 6.07) is 10.2. The Hall–Kier alpha value is -3.15. The molecule has 0 aliphatic heterocycles. The summed E-state index contributed by atoms with van der Waals surface area (Å²) in [5.74, 6) is 0.896. The highest BCUT2D eigenvalue weighted by molar-refractivity contribution is 6.31. The molecule has 0 aliphatic rings. The number of rotatable bonds is 8. The number of hydrogen-bond donors (Lipinski definition) is 1. The standard InChI is InChI=1S/C19H18ClN5O3/c1-2-7-25(12-18-23-24-19(28-18)16-4-3-8-27-16)11-17(26)22-15-9-14(20)6-5-13(15)10-21/h3-6,8-9H,2,7,11-12H2,1H3,(H,22,26). The monoisotopic (exact) mass is 399 g/mol. The van der Waals surface area contributed by atoms with Crippen LogP contribution in [0.25, 0.3) is 11.7 Å². The van der Waals surface area contributed by atoms with Gasteiger partial charge in [-0.1, -0.05) is 18.5 Å². The molecule has 0 saturated heterocycles. The van der Waals surface area contributed by atoms with Crippen LogP contribution in [0.5, 0.6) is 0 Å². The first-order valence-corrected chi connectivity index (χ1v) is 9.05. The number of anilines is 1. The Morgan fingerprint density at radius 3 is 2.93 bits per heavy atom. The van der Waals surface area contributed by atoms with Crippen LogP contribution in [-0.4, -0.2) is 34.1 Å². The van der Waals surface area contributed by atoms with Gasteiger partial charge in [0.2, 0.25) is 11.8 Å². The molecule has 0 aliphatic carbocycles. The Balaban J connectivity index is 1.65. The van der Waals surface area contributed by atoms with Crippen molar-refractivity contribution in [3.05, 3.63) is 53.1 Å². The van der Waals surface area contributed by atoms with Gasteiger partial charge < -0.3 is 14.2 Å². The zero-order valence-corrected chi connectivity index (χ0v) is 15.9. The Labute approximate surface area is 166 Å². The van der Waals surface area contributed by atoms with Crippen LogP contribution in [0.3, 0.4) is 0 Å². The van der Waals surface area contributed by atoms with E-state index in [9.17, 15) is 10.1 Å². The number of amides is 1. The van der Waals surface area contributed by atoms with Gasteiger partial charge in [-0.05, 0) is 43.3 Å². The van der Waals surface area contributed by atoms with Crippen LogP contribution in [0.4, 0.5) is 5.69 Å². The number of furan rings is 1. The molecule has 0 radical (unpaired) electrons. The van der Waals surface area contributed by atoms with E-state index in [0.29, 0.717) is 46.9 Å². The second-order valence-corrected chi connectivity index (χ2v) is 6.48. The fourth-order valence-electron chi connectivity index (χ4n) is 2.65. The second-order valence-electron chi connectivity index (χ2n) is 6.04. The molecule has 2 aromatic heterocycles. The lowest BCUT2D eigenvalue weighted by molar-refractivity contribution is -0.117. The fraction of sp³-hybridized carbons (Fsp3) is 0.263. The predicted octanol–water partition coefficient (Wildman–Crippen LogP) is 3.71. The third kappa shape index (κ3) is 4.97. The van der Waals surface area contributed by atoms with Crippen molar-refractivity contribution >= 4 is 23.2 Å². The van der Waals surface area contributed by atoms with Crippen molar-refractivity contribution in [2.45, 2.75) is 19.9 Å². The summed E-state index contributed by atoms with van der Waals surface area (Å²) < 4.78 is 10.8. The van der Waals surface area contributed by atoms with Crippen LogP contribution in [0.1, 0.15) is 24.8 Å². The van der Waals surface area contributed by atoms with Crippen molar-refractivity contribution in [2.24, 2.45) is 0 Å². The third-order valence-corrected chi connectivity index (χ3v) is 4.08. The summed E-state index contributed by atoms with van der Waals surface area (Å²) in [7, 11) is 0. The van der Waals surface area contributed by atoms with Gasteiger partial charge in [0.15, 0.2) is 5.76 Å². The van der Waals surface area contributed by atoms with E-state index in [1.54, 1.807) is 30.3 Å². The summed E-state index contributed by atoms with van der Waals surface area (Å²) >= 11 is 5.96. The van der Waals surface area contributed by atoms with Gasteiger partial charge in [0, 0.05) is 5.02 Å². The Bertz CT molecular complexity index is 978. The lowest BCUT2D eigenvalue weighted by Gasteiger charge is -2.19. The molecule has 0 unspecified atom stereocenters. The minimum atomic E-state index is -0.266. The van der Waals surface area contributed by atoms with Gasteiger partial charge in [0.05, 0.1) is 30.6 Å². The molecule has 9 heteroatoms. The molecular formula is C19H18ClN5O3. The smallest absolute Gasteiger partial charge is 0.283 e. The molecule has 0 saturated carbocycles. The van der Waals surface area contributed by atoms with Crippen LogP contribution in [-0.2, 0) is 11.3 Å². The van der Waals surface area contributed by atoms with Gasteiger partial charge >= 0.3 is 0 Å². The maximum atomic E-state index is 12.5. The molecule has 28 heavy (non-hydrogen) atoms. The fourth-order valence-corrected chi connectivity index (χ4v) is 2.82. The molecule has 1 aromatic carbocycles. The van der Waals surface area contributed by atoms with E-state index in [0.717, 1.165) is 6.42 Å². The number of nitrogens with zero attached hydrogens (tertiary/aromatic N) is 4. The molecule has 3 aromatic rings. The number of aromatic nitrogens is 2. The first-order valence-electron chi connectivity index (χ1n) is 8.67. The Kier molecular flexibility index (Phi) is 6.42. The zero-order chi connectivity index (χ0) is 19.9. The molecule has 3 rings (SSSR count). The van der Waals surface area contributed by atoms with E-state index >= 15 is 0 Å². The van der Waals surface area contributed by atoms with Gasteiger partial charge in [-0.2, -0.15) is 5.26 Å². The highest BCUT2D eigenvalue weighted by atomic mass is 35.5. The number of hydrogen-bond acceptors (Lipinski definition) is 7. The molecule has 0 atom stereocenters. The van der Waals surface area contributed by atoms with Crippen molar-refractivity contribution in [1.29, 1.82) is 5.26 Å². The first kappa shape index (κ1) is 19.6. The average Bonchev–Trinajstić information content (AvgIpc) is 3.33. The first-order chi connectivity index (χ1) is 13.6. The minimum absolute atomic E-state index is 0.101. The number of halogens is 1. The minimum Gasteiger partial charge on any atom is -0.459 e. The van der Waals surface area contributed by atoms with Crippen molar-refractivity contribution in [2.75, 3.05) is 18.4 Å². The molecule has 1 amide bonds. The van der Waals surface area contributed by atoms with Crippen LogP contribution < -0.4 is 5.32 Å². The molecule has 0 spiro atoms. The van der Waals surface area contributed by atoms with Gasteiger partial charge in [-0.25, -0.2) is 0 Å². The summed E-state index contributed by atoms with van der Waals surface area (Å²) in [5, 5.41) is 20.3. The van der Waals surface area contributed by atoms with Crippen LogP contribution in [0.15, 0.2) is 45.4 Å². The topological polar surface area (TPSA) is 108 Å². The Morgan fingerprint density at radius 1 is 1.36 bits per heavy atom. The maximum Gasteiger partial charge on any atom is 0.283 e. The summed E-state index contributed by atoms with van der Waals surface area (Å²) in [4.78, 5) is 14.4. The van der Waals surface area contributed by atoms with Gasteiger partial charge in [-0.3, -0.25) is 9.69 Å². The summed E-state index contributed by atoms with van der Waals surface area (Å²) in [6.45, 7) is 3.09. The van der Waals surface area contributed by atoms with Crippen LogP contribution in [0, 0.1) is 11.3 Å². The number of benzene rings is 1. The molecular weight excluding hydrogens is 382 g/mol. The molecule has 0 bridgehead atoms.